The van der Waals surface area contributed by atoms with Crippen LogP contribution < -0.4 is 20.8 Å². The highest BCUT2D eigenvalue weighted by Gasteiger charge is 2.13. The molecule has 0 fully saturated rings. The number of ether oxygens (including phenoxy) is 1. The Balaban J connectivity index is 1.25. The molecule has 1 unspecified atom stereocenters. The number of hydrogen-bond donors (Lipinski definition) is 4. The fourth-order valence-corrected chi connectivity index (χ4v) is 4.21. The van der Waals surface area contributed by atoms with Gasteiger partial charge in [-0.2, -0.15) is 5.10 Å². The number of pyridine rings is 1. The molecule has 188 valence electrons. The first-order valence-electron chi connectivity index (χ1n) is 12.1. The lowest BCUT2D eigenvalue weighted by atomic mass is 10.1. The van der Waals surface area contributed by atoms with Crippen LogP contribution in [0, 0.1) is 0 Å². The molecule has 2 heterocycles. The van der Waals surface area contributed by atoms with Crippen molar-refractivity contribution >= 4 is 16.7 Å². The predicted molar refractivity (Wildman–Crippen MR) is 146 cm³/mol. The first kappa shape index (κ1) is 24.3. The van der Waals surface area contributed by atoms with E-state index in [1.165, 1.54) is 6.07 Å². The van der Waals surface area contributed by atoms with Crippen LogP contribution in [-0.2, 0) is 6.54 Å². The van der Waals surface area contributed by atoms with Gasteiger partial charge in [-0.25, -0.2) is 4.68 Å². The number of benzene rings is 3. The fourth-order valence-electron chi connectivity index (χ4n) is 4.21. The van der Waals surface area contributed by atoms with Crippen LogP contribution in [0.5, 0.6) is 5.75 Å². The number of fused-ring (bicyclic) bond motifs is 1. The van der Waals surface area contributed by atoms with Crippen LogP contribution >= 0.6 is 0 Å². The van der Waals surface area contributed by atoms with Crippen LogP contribution in [0.3, 0.4) is 0 Å². The number of para-hydroxylation sites is 2. The summed E-state index contributed by atoms with van der Waals surface area (Å²) in [6, 6.07) is 26.6. The maximum absolute atomic E-state index is 12.3. The summed E-state index contributed by atoms with van der Waals surface area (Å²) < 4.78 is 7.16. The summed E-state index contributed by atoms with van der Waals surface area (Å²) in [6.45, 7) is 1.18. The van der Waals surface area contributed by atoms with E-state index in [2.05, 4.69) is 15.6 Å². The minimum atomic E-state index is -0.663. The Morgan fingerprint density at radius 3 is 2.54 bits per heavy atom. The minimum Gasteiger partial charge on any atom is -0.497 e. The quantitative estimate of drug-likeness (QED) is 0.234. The van der Waals surface area contributed by atoms with Gasteiger partial charge >= 0.3 is 0 Å². The van der Waals surface area contributed by atoms with Crippen molar-refractivity contribution in [2.24, 2.45) is 0 Å². The lowest BCUT2D eigenvalue weighted by Gasteiger charge is -2.14. The number of aromatic amines is 1. The van der Waals surface area contributed by atoms with Crippen molar-refractivity contribution in [3.63, 3.8) is 0 Å². The van der Waals surface area contributed by atoms with E-state index in [4.69, 9.17) is 9.84 Å². The molecule has 0 radical (unpaired) electrons. The van der Waals surface area contributed by atoms with Gasteiger partial charge in [0.05, 0.1) is 30.1 Å². The van der Waals surface area contributed by atoms with E-state index in [9.17, 15) is 9.90 Å². The number of nitrogens with zero attached hydrogens (tertiary/aromatic N) is 2. The van der Waals surface area contributed by atoms with Crippen molar-refractivity contribution in [1.82, 2.24) is 20.1 Å². The molecule has 0 aliphatic rings. The lowest BCUT2D eigenvalue weighted by molar-refractivity contribution is 0.184. The standard InChI is InChI=1S/C29H29N5O3/c1-37-24-13-11-20(12-14-24)29-21(19-34(33-29)22-7-3-2-4-8-22)16-30-17-23(35)18-31-28-15-27(36)25-9-5-6-10-26(25)32-28/h2-15,19,23,30,35H,16-18H2,1H3,(H2,31,32,36). The van der Waals surface area contributed by atoms with Gasteiger partial charge in [-0.3, -0.25) is 4.79 Å². The molecule has 0 amide bonds. The van der Waals surface area contributed by atoms with Crippen molar-refractivity contribution in [3.8, 4) is 22.7 Å². The number of H-pyrrole nitrogens is 1. The van der Waals surface area contributed by atoms with Gasteiger partial charge in [0.1, 0.15) is 11.6 Å². The number of rotatable bonds is 10. The zero-order valence-electron chi connectivity index (χ0n) is 20.5. The van der Waals surface area contributed by atoms with Gasteiger partial charge in [0, 0.05) is 48.4 Å². The van der Waals surface area contributed by atoms with E-state index in [-0.39, 0.29) is 12.0 Å². The zero-order chi connectivity index (χ0) is 25.6. The van der Waals surface area contributed by atoms with Crippen molar-refractivity contribution < 1.29 is 9.84 Å². The molecule has 5 aromatic rings. The van der Waals surface area contributed by atoms with Crippen molar-refractivity contribution in [2.75, 3.05) is 25.5 Å². The molecule has 8 heteroatoms. The second-order valence-electron chi connectivity index (χ2n) is 8.77. The van der Waals surface area contributed by atoms with E-state index in [1.807, 2.05) is 83.7 Å². The molecular weight excluding hydrogens is 466 g/mol. The van der Waals surface area contributed by atoms with Gasteiger partial charge in [0.25, 0.3) is 0 Å². The maximum Gasteiger partial charge on any atom is 0.191 e. The van der Waals surface area contributed by atoms with Crippen molar-refractivity contribution in [3.05, 3.63) is 107 Å². The number of methoxy groups -OCH3 is 1. The Hall–Kier alpha value is -4.40. The first-order valence-corrected chi connectivity index (χ1v) is 12.1. The van der Waals surface area contributed by atoms with E-state index >= 15 is 0 Å². The highest BCUT2D eigenvalue weighted by molar-refractivity contribution is 5.79. The Kier molecular flexibility index (Phi) is 7.30. The van der Waals surface area contributed by atoms with Gasteiger partial charge in [-0.05, 0) is 48.5 Å². The maximum atomic E-state index is 12.3. The largest absolute Gasteiger partial charge is 0.497 e. The van der Waals surface area contributed by atoms with E-state index in [0.29, 0.717) is 24.3 Å². The Morgan fingerprint density at radius 1 is 1.00 bits per heavy atom. The number of hydrogen-bond acceptors (Lipinski definition) is 6. The average Bonchev–Trinajstić information content (AvgIpc) is 3.36. The van der Waals surface area contributed by atoms with E-state index in [0.717, 1.165) is 33.8 Å². The van der Waals surface area contributed by atoms with E-state index < -0.39 is 6.10 Å². The molecule has 0 aliphatic heterocycles. The summed E-state index contributed by atoms with van der Waals surface area (Å²) in [5, 5.41) is 22.5. The molecule has 4 N–H and O–H groups in total. The van der Waals surface area contributed by atoms with Gasteiger partial charge in [0.2, 0.25) is 0 Å². The summed E-state index contributed by atoms with van der Waals surface area (Å²) >= 11 is 0. The first-order chi connectivity index (χ1) is 18.1. The Morgan fingerprint density at radius 2 is 1.76 bits per heavy atom. The summed E-state index contributed by atoms with van der Waals surface area (Å²) in [4.78, 5) is 15.5. The molecule has 1 atom stereocenters. The SMILES string of the molecule is COc1ccc(-c2nn(-c3ccccc3)cc2CNCC(O)CNc2cc(=O)c3ccccc3[nH]2)cc1. The lowest BCUT2D eigenvalue weighted by Crippen LogP contribution is -2.32. The third kappa shape index (κ3) is 5.72. The summed E-state index contributed by atoms with van der Waals surface area (Å²) in [5.74, 6) is 1.36. The summed E-state index contributed by atoms with van der Waals surface area (Å²) in [6.07, 6.45) is 1.34. The van der Waals surface area contributed by atoms with Gasteiger partial charge in [-0.1, -0.05) is 30.3 Å². The molecule has 8 nitrogen and oxygen atoms in total. The third-order valence-electron chi connectivity index (χ3n) is 6.14. The minimum absolute atomic E-state index is 0.0639. The fraction of sp³-hybridized carbons (Fsp3) is 0.172. The number of nitrogens with one attached hydrogen (secondary N) is 3. The van der Waals surface area contributed by atoms with Crippen LogP contribution in [0.1, 0.15) is 5.56 Å². The van der Waals surface area contributed by atoms with Gasteiger partial charge < -0.3 is 25.5 Å². The molecular formula is C29H29N5O3. The molecule has 37 heavy (non-hydrogen) atoms. The number of aromatic nitrogens is 3. The molecule has 2 aromatic heterocycles. The summed E-state index contributed by atoms with van der Waals surface area (Å²) in [5.41, 5.74) is 4.51. The van der Waals surface area contributed by atoms with Crippen LogP contribution in [-0.4, -0.2) is 46.2 Å². The highest BCUT2D eigenvalue weighted by atomic mass is 16.5. The topological polar surface area (TPSA) is 104 Å². The molecule has 5 rings (SSSR count). The Bertz CT molecular complexity index is 1530. The smallest absolute Gasteiger partial charge is 0.191 e. The number of anilines is 1. The van der Waals surface area contributed by atoms with Crippen molar-refractivity contribution in [1.29, 1.82) is 0 Å². The monoisotopic (exact) mass is 495 g/mol. The normalized spacial score (nSPS) is 11.9. The number of aliphatic hydroxyl groups excluding tert-OH is 1. The number of aliphatic hydroxyl groups is 1. The predicted octanol–water partition coefficient (Wildman–Crippen LogP) is 3.95. The molecule has 0 saturated heterocycles. The molecule has 0 bridgehead atoms. The molecule has 0 spiro atoms. The Labute approximate surface area is 214 Å². The second-order valence-corrected chi connectivity index (χ2v) is 8.77. The van der Waals surface area contributed by atoms with Crippen LogP contribution in [0.4, 0.5) is 5.82 Å². The highest BCUT2D eigenvalue weighted by Crippen LogP contribution is 2.26. The van der Waals surface area contributed by atoms with Gasteiger partial charge in [-0.15, -0.1) is 0 Å². The van der Waals surface area contributed by atoms with Crippen molar-refractivity contribution in [2.45, 2.75) is 12.6 Å². The molecule has 0 aliphatic carbocycles. The third-order valence-corrected chi connectivity index (χ3v) is 6.14. The average molecular weight is 496 g/mol. The van der Waals surface area contributed by atoms with Crippen LogP contribution in [0.2, 0.25) is 0 Å². The molecule has 3 aromatic carbocycles. The van der Waals surface area contributed by atoms with Crippen LogP contribution in [0.25, 0.3) is 27.8 Å². The van der Waals surface area contributed by atoms with Crippen LogP contribution in [0.15, 0.2) is 95.9 Å². The van der Waals surface area contributed by atoms with E-state index in [1.54, 1.807) is 13.2 Å². The second kappa shape index (κ2) is 11.1. The molecule has 0 saturated carbocycles. The summed E-state index contributed by atoms with van der Waals surface area (Å²) in [7, 11) is 1.65. The van der Waals surface area contributed by atoms with Gasteiger partial charge in [0.15, 0.2) is 5.43 Å². The zero-order valence-corrected chi connectivity index (χ0v) is 20.5.